The van der Waals surface area contributed by atoms with Crippen LogP contribution in [0.15, 0.2) is 34.7 Å². The van der Waals surface area contributed by atoms with Gasteiger partial charge in [-0.15, -0.1) is 0 Å². The van der Waals surface area contributed by atoms with Gasteiger partial charge in [-0.1, -0.05) is 12.1 Å². The number of ether oxygens (including phenoxy) is 1. The normalized spacial score (nSPS) is 10.7. The van der Waals surface area contributed by atoms with Crippen molar-refractivity contribution in [2.75, 3.05) is 0 Å². The Balaban J connectivity index is 1.93. The fourth-order valence-corrected chi connectivity index (χ4v) is 2.37. The van der Waals surface area contributed by atoms with Crippen LogP contribution in [0.5, 0.6) is 5.75 Å². The van der Waals surface area contributed by atoms with Gasteiger partial charge in [0.1, 0.15) is 18.3 Å². The lowest BCUT2D eigenvalue weighted by Crippen LogP contribution is -2.06. The molecule has 3 rings (SSSR count). The molecule has 5 heteroatoms. The molecular formula is C16H15N3O2. The van der Waals surface area contributed by atoms with Crippen LogP contribution in [0, 0.1) is 18.3 Å². The number of rotatable bonds is 4. The van der Waals surface area contributed by atoms with Crippen LogP contribution in [-0.4, -0.2) is 9.78 Å². The van der Waals surface area contributed by atoms with Crippen molar-refractivity contribution >= 4 is 11.0 Å². The lowest BCUT2D eigenvalue weighted by atomic mass is 10.2. The fourth-order valence-electron chi connectivity index (χ4n) is 2.37. The summed E-state index contributed by atoms with van der Waals surface area (Å²) in [6.45, 7) is 5.12. The molecule has 2 aromatic heterocycles. The molecule has 0 N–H and O–H groups in total. The van der Waals surface area contributed by atoms with Crippen LogP contribution < -0.4 is 4.74 Å². The summed E-state index contributed by atoms with van der Waals surface area (Å²) in [5.74, 6) is 0.699. The molecule has 0 saturated carbocycles. The molecule has 0 aliphatic rings. The maximum atomic E-state index is 9.18. The van der Waals surface area contributed by atoms with Crippen molar-refractivity contribution < 1.29 is 9.15 Å². The molecular weight excluding hydrogens is 266 g/mol. The third-order valence-electron chi connectivity index (χ3n) is 3.30. The molecule has 0 radical (unpaired) electrons. The van der Waals surface area contributed by atoms with Crippen LogP contribution in [0.25, 0.3) is 11.0 Å². The van der Waals surface area contributed by atoms with E-state index in [-0.39, 0.29) is 5.76 Å². The van der Waals surface area contributed by atoms with Gasteiger partial charge in [0.05, 0.1) is 16.8 Å². The second-order valence-electron chi connectivity index (χ2n) is 4.75. The van der Waals surface area contributed by atoms with E-state index in [4.69, 9.17) is 9.15 Å². The van der Waals surface area contributed by atoms with E-state index in [1.807, 2.05) is 54.9 Å². The number of furan rings is 1. The molecule has 1 aromatic carbocycles. The number of fused-ring (bicyclic) bond motifs is 1. The van der Waals surface area contributed by atoms with Crippen LogP contribution in [-0.2, 0) is 13.2 Å². The van der Waals surface area contributed by atoms with Crippen LogP contribution in [0.1, 0.15) is 24.1 Å². The lowest BCUT2D eigenvalue weighted by Gasteiger charge is -2.06. The smallest absolute Gasteiger partial charge is 0.246 e. The van der Waals surface area contributed by atoms with Gasteiger partial charge < -0.3 is 9.15 Å². The molecule has 0 spiro atoms. The molecule has 0 aliphatic heterocycles. The predicted octanol–water partition coefficient (Wildman–Crippen LogP) is 3.41. The topological polar surface area (TPSA) is 64.0 Å². The number of hydrogen-bond acceptors (Lipinski definition) is 4. The van der Waals surface area contributed by atoms with Crippen molar-refractivity contribution in [1.29, 1.82) is 5.26 Å². The number of nitrogens with zero attached hydrogens (tertiary/aromatic N) is 3. The first kappa shape index (κ1) is 13.3. The monoisotopic (exact) mass is 281 g/mol. The zero-order valence-electron chi connectivity index (χ0n) is 12.0. The summed E-state index contributed by atoms with van der Waals surface area (Å²) < 4.78 is 13.2. The van der Waals surface area contributed by atoms with E-state index < -0.39 is 0 Å². The summed E-state index contributed by atoms with van der Waals surface area (Å²) >= 11 is 0. The zero-order valence-corrected chi connectivity index (χ0v) is 12.0. The van der Waals surface area contributed by atoms with Crippen LogP contribution in [0.4, 0.5) is 0 Å². The highest BCUT2D eigenvalue weighted by molar-refractivity contribution is 5.86. The van der Waals surface area contributed by atoms with E-state index in [0.29, 0.717) is 17.9 Å². The van der Waals surface area contributed by atoms with Crippen molar-refractivity contribution in [1.82, 2.24) is 9.78 Å². The van der Waals surface area contributed by atoms with Crippen molar-refractivity contribution in [3.8, 4) is 11.8 Å². The van der Waals surface area contributed by atoms with Crippen molar-refractivity contribution in [3.05, 3.63) is 47.5 Å². The highest BCUT2D eigenvalue weighted by atomic mass is 16.5. The van der Waals surface area contributed by atoms with E-state index in [0.717, 1.165) is 23.3 Å². The molecule has 106 valence electrons. The molecule has 3 aromatic rings. The first-order valence-corrected chi connectivity index (χ1v) is 6.80. The number of aryl methyl sites for hydroxylation is 2. The Hall–Kier alpha value is -2.74. The van der Waals surface area contributed by atoms with Gasteiger partial charge in [-0.3, -0.25) is 4.68 Å². The molecule has 2 heterocycles. The Morgan fingerprint density at radius 1 is 1.38 bits per heavy atom. The SMILES string of the molecule is CCn1nc(C)cc1COc1c(C#N)oc2ccccc12. The van der Waals surface area contributed by atoms with Gasteiger partial charge in [0.2, 0.25) is 5.76 Å². The average Bonchev–Trinajstić information content (AvgIpc) is 3.04. The van der Waals surface area contributed by atoms with Crippen molar-refractivity contribution in [3.63, 3.8) is 0 Å². The van der Waals surface area contributed by atoms with E-state index in [1.54, 1.807) is 0 Å². The van der Waals surface area contributed by atoms with Gasteiger partial charge in [0, 0.05) is 6.54 Å². The molecule has 21 heavy (non-hydrogen) atoms. The fraction of sp³-hybridized carbons (Fsp3) is 0.250. The van der Waals surface area contributed by atoms with Gasteiger partial charge in [-0.25, -0.2) is 0 Å². The summed E-state index contributed by atoms with van der Waals surface area (Å²) in [4.78, 5) is 0. The summed E-state index contributed by atoms with van der Waals surface area (Å²) in [6, 6.07) is 11.5. The number of nitriles is 1. The Labute approximate surface area is 122 Å². The largest absolute Gasteiger partial charge is 0.482 e. The van der Waals surface area contributed by atoms with Gasteiger partial charge >= 0.3 is 0 Å². The number of hydrogen-bond donors (Lipinski definition) is 0. The van der Waals surface area contributed by atoms with Gasteiger partial charge in [-0.2, -0.15) is 10.4 Å². The Bertz CT molecular complexity index is 824. The van der Waals surface area contributed by atoms with E-state index in [2.05, 4.69) is 5.10 Å². The van der Waals surface area contributed by atoms with Gasteiger partial charge in [0.15, 0.2) is 5.75 Å². The third kappa shape index (κ3) is 2.36. The molecule has 0 fully saturated rings. The first-order valence-electron chi connectivity index (χ1n) is 6.80. The summed E-state index contributed by atoms with van der Waals surface area (Å²) in [5, 5.41) is 14.4. The maximum absolute atomic E-state index is 9.18. The third-order valence-corrected chi connectivity index (χ3v) is 3.30. The minimum atomic E-state index is 0.204. The van der Waals surface area contributed by atoms with Crippen molar-refractivity contribution in [2.24, 2.45) is 0 Å². The number of aromatic nitrogens is 2. The second kappa shape index (κ2) is 5.33. The number of benzene rings is 1. The molecule has 0 amide bonds. The molecule has 0 unspecified atom stereocenters. The Kier molecular flexibility index (Phi) is 3.36. The minimum Gasteiger partial charge on any atom is -0.482 e. The lowest BCUT2D eigenvalue weighted by molar-refractivity contribution is 0.290. The van der Waals surface area contributed by atoms with Crippen LogP contribution >= 0.6 is 0 Å². The predicted molar refractivity (Wildman–Crippen MR) is 77.9 cm³/mol. The van der Waals surface area contributed by atoms with Crippen LogP contribution in [0.3, 0.4) is 0 Å². The van der Waals surface area contributed by atoms with Gasteiger partial charge in [0.25, 0.3) is 0 Å². The molecule has 5 nitrogen and oxygen atoms in total. The number of para-hydroxylation sites is 1. The standard InChI is InChI=1S/C16H15N3O2/c1-3-19-12(8-11(2)18-19)10-20-16-13-6-4-5-7-14(13)21-15(16)9-17/h4-8H,3,10H2,1-2H3. The van der Waals surface area contributed by atoms with E-state index in [1.165, 1.54) is 0 Å². The van der Waals surface area contributed by atoms with Crippen LogP contribution in [0.2, 0.25) is 0 Å². The highest BCUT2D eigenvalue weighted by Gasteiger charge is 2.16. The van der Waals surface area contributed by atoms with E-state index >= 15 is 0 Å². The zero-order chi connectivity index (χ0) is 14.8. The second-order valence-corrected chi connectivity index (χ2v) is 4.75. The molecule has 0 atom stereocenters. The summed E-state index contributed by atoms with van der Waals surface area (Å²) in [7, 11) is 0. The molecule has 0 saturated heterocycles. The maximum Gasteiger partial charge on any atom is 0.246 e. The molecule has 0 bridgehead atoms. The van der Waals surface area contributed by atoms with Crippen molar-refractivity contribution in [2.45, 2.75) is 27.0 Å². The van der Waals surface area contributed by atoms with E-state index in [9.17, 15) is 5.26 Å². The Morgan fingerprint density at radius 3 is 2.95 bits per heavy atom. The minimum absolute atomic E-state index is 0.204. The first-order chi connectivity index (χ1) is 10.2. The Morgan fingerprint density at radius 2 is 2.19 bits per heavy atom. The highest BCUT2D eigenvalue weighted by Crippen LogP contribution is 2.33. The average molecular weight is 281 g/mol. The summed E-state index contributed by atoms with van der Waals surface area (Å²) in [6.07, 6.45) is 0. The molecule has 0 aliphatic carbocycles. The quantitative estimate of drug-likeness (QED) is 0.735. The summed E-state index contributed by atoms with van der Waals surface area (Å²) in [5.41, 5.74) is 2.58. The van der Waals surface area contributed by atoms with Gasteiger partial charge in [-0.05, 0) is 32.0 Å².